The van der Waals surface area contributed by atoms with E-state index >= 15 is 0 Å². The van der Waals surface area contributed by atoms with Crippen molar-refractivity contribution in [2.45, 2.75) is 46.3 Å². The third kappa shape index (κ3) is 4.43. The first-order valence-corrected chi connectivity index (χ1v) is 10.4. The Morgan fingerprint density at radius 2 is 2.03 bits per heavy atom. The predicted octanol–water partition coefficient (Wildman–Crippen LogP) is 2.76. The van der Waals surface area contributed by atoms with Crippen molar-refractivity contribution in [1.29, 1.82) is 0 Å². The number of rotatable bonds is 6. The summed E-state index contributed by atoms with van der Waals surface area (Å²) in [4.78, 5) is 19.2. The minimum Gasteiger partial charge on any atom is -0.465 e. The van der Waals surface area contributed by atoms with Crippen molar-refractivity contribution in [1.82, 2.24) is 30.0 Å². The lowest BCUT2D eigenvalue weighted by atomic mass is 10.0. The lowest BCUT2D eigenvalue weighted by molar-refractivity contribution is 0.0916. The van der Waals surface area contributed by atoms with E-state index in [0.29, 0.717) is 5.69 Å². The number of nitrogens with one attached hydrogen (secondary N) is 1. The third-order valence-corrected chi connectivity index (χ3v) is 5.45. The summed E-state index contributed by atoms with van der Waals surface area (Å²) in [5.41, 5.74) is 0.402. The molecule has 0 saturated heterocycles. The molecule has 0 unspecified atom stereocenters. The Morgan fingerprint density at radius 1 is 1.17 bits per heavy atom. The van der Waals surface area contributed by atoms with E-state index < -0.39 is 0 Å². The molecule has 0 aromatic carbocycles. The molecule has 1 atom stereocenters. The van der Waals surface area contributed by atoms with Crippen molar-refractivity contribution in [3.8, 4) is 0 Å². The van der Waals surface area contributed by atoms with Gasteiger partial charge in [-0.3, -0.25) is 14.7 Å². The van der Waals surface area contributed by atoms with E-state index in [-0.39, 0.29) is 17.9 Å². The molecule has 3 aromatic heterocycles. The topological polar surface area (TPSA) is 89.1 Å². The van der Waals surface area contributed by atoms with Crippen LogP contribution in [-0.4, -0.2) is 43.6 Å². The Morgan fingerprint density at radius 3 is 2.73 bits per heavy atom. The Hall–Kier alpha value is -3.00. The van der Waals surface area contributed by atoms with Crippen LogP contribution in [0.3, 0.4) is 0 Å². The highest BCUT2D eigenvalue weighted by Gasteiger charge is 2.28. The van der Waals surface area contributed by atoms with Gasteiger partial charge >= 0.3 is 0 Å². The van der Waals surface area contributed by atoms with Crippen molar-refractivity contribution in [2.24, 2.45) is 5.92 Å². The molecule has 0 bridgehead atoms. The maximum Gasteiger partial charge on any atom is 0.270 e. The van der Waals surface area contributed by atoms with E-state index in [1.54, 1.807) is 18.3 Å². The van der Waals surface area contributed by atoms with Crippen LogP contribution in [0.2, 0.25) is 0 Å². The maximum atomic E-state index is 12.7. The first-order valence-electron chi connectivity index (χ1n) is 10.4. The molecule has 0 radical (unpaired) electrons. The normalized spacial score (nSPS) is 15.6. The number of fused-ring (bicyclic) bond motifs is 1. The summed E-state index contributed by atoms with van der Waals surface area (Å²) in [6, 6.07) is 9.12. The monoisotopic (exact) mass is 408 g/mol. The summed E-state index contributed by atoms with van der Waals surface area (Å²) in [5.74, 6) is 3.64. The lowest BCUT2D eigenvalue weighted by Crippen LogP contribution is -2.34. The van der Waals surface area contributed by atoms with Gasteiger partial charge in [0.15, 0.2) is 5.82 Å². The van der Waals surface area contributed by atoms with E-state index in [1.807, 2.05) is 25.1 Å². The predicted molar refractivity (Wildman–Crippen MR) is 112 cm³/mol. The average molecular weight is 409 g/mol. The number of carbonyl (C=O) groups is 1. The maximum absolute atomic E-state index is 12.7. The molecular formula is C22H28N6O2. The van der Waals surface area contributed by atoms with Gasteiger partial charge in [-0.2, -0.15) is 0 Å². The Labute approximate surface area is 176 Å². The van der Waals surface area contributed by atoms with Crippen LogP contribution in [0.5, 0.6) is 0 Å². The number of pyridine rings is 1. The van der Waals surface area contributed by atoms with Crippen molar-refractivity contribution in [2.75, 3.05) is 13.1 Å². The van der Waals surface area contributed by atoms with Gasteiger partial charge in [0, 0.05) is 32.3 Å². The van der Waals surface area contributed by atoms with Crippen LogP contribution in [-0.2, 0) is 19.5 Å². The minimum atomic E-state index is -0.236. The highest BCUT2D eigenvalue weighted by atomic mass is 16.3. The lowest BCUT2D eigenvalue weighted by Gasteiger charge is -2.23. The number of furan rings is 1. The fourth-order valence-electron chi connectivity index (χ4n) is 3.81. The molecule has 4 rings (SSSR count). The van der Waals surface area contributed by atoms with Crippen LogP contribution in [0.4, 0.5) is 0 Å². The van der Waals surface area contributed by atoms with E-state index in [1.165, 1.54) is 0 Å². The number of carbonyl (C=O) groups excluding carboxylic acids is 1. The second kappa shape index (κ2) is 8.79. The third-order valence-electron chi connectivity index (χ3n) is 5.45. The highest BCUT2D eigenvalue weighted by Crippen LogP contribution is 2.23. The van der Waals surface area contributed by atoms with E-state index in [2.05, 4.69) is 43.8 Å². The molecule has 0 aliphatic carbocycles. The summed E-state index contributed by atoms with van der Waals surface area (Å²) in [7, 11) is 0. The van der Waals surface area contributed by atoms with Gasteiger partial charge < -0.3 is 14.3 Å². The molecule has 0 saturated carbocycles. The Balaban J connectivity index is 1.49. The molecule has 8 nitrogen and oxygen atoms in total. The molecule has 3 aromatic rings. The van der Waals surface area contributed by atoms with Gasteiger partial charge in [0.1, 0.15) is 23.0 Å². The number of hydrogen-bond donors (Lipinski definition) is 1. The summed E-state index contributed by atoms with van der Waals surface area (Å²) in [6.45, 7) is 9.44. The molecule has 1 N–H and O–H groups in total. The molecule has 4 heterocycles. The van der Waals surface area contributed by atoms with Crippen LogP contribution in [0.1, 0.15) is 53.5 Å². The number of aromatic nitrogens is 4. The first-order chi connectivity index (χ1) is 14.5. The fraction of sp³-hybridized carbons (Fsp3) is 0.455. The van der Waals surface area contributed by atoms with Crippen molar-refractivity contribution in [3.63, 3.8) is 0 Å². The quantitative estimate of drug-likeness (QED) is 0.675. The van der Waals surface area contributed by atoms with Crippen molar-refractivity contribution >= 4 is 5.91 Å². The Bertz CT molecular complexity index is 994. The van der Waals surface area contributed by atoms with Gasteiger partial charge in [-0.05, 0) is 37.1 Å². The van der Waals surface area contributed by atoms with Gasteiger partial charge in [-0.1, -0.05) is 19.9 Å². The van der Waals surface area contributed by atoms with Crippen molar-refractivity contribution in [3.05, 3.63) is 65.4 Å². The van der Waals surface area contributed by atoms with Crippen LogP contribution in [0.25, 0.3) is 0 Å². The van der Waals surface area contributed by atoms with E-state index in [4.69, 9.17) is 4.42 Å². The number of nitrogens with zero attached hydrogens (tertiary/aromatic N) is 5. The van der Waals surface area contributed by atoms with E-state index in [9.17, 15) is 4.79 Å². The number of amides is 1. The molecule has 1 aliphatic rings. The first kappa shape index (κ1) is 20.3. The summed E-state index contributed by atoms with van der Waals surface area (Å²) < 4.78 is 7.90. The molecule has 1 aliphatic heterocycles. The summed E-state index contributed by atoms with van der Waals surface area (Å²) >= 11 is 0. The zero-order valence-electron chi connectivity index (χ0n) is 17.7. The molecule has 30 heavy (non-hydrogen) atoms. The summed E-state index contributed by atoms with van der Waals surface area (Å²) in [6.07, 6.45) is 2.43. The zero-order chi connectivity index (χ0) is 21.1. The Kier molecular flexibility index (Phi) is 5.94. The van der Waals surface area contributed by atoms with Crippen LogP contribution >= 0.6 is 0 Å². The van der Waals surface area contributed by atoms with Gasteiger partial charge in [0.05, 0.1) is 12.6 Å². The molecule has 1 amide bonds. The number of hydrogen-bond acceptors (Lipinski definition) is 6. The second-order valence-electron chi connectivity index (χ2n) is 8.07. The van der Waals surface area contributed by atoms with Crippen LogP contribution < -0.4 is 5.32 Å². The highest BCUT2D eigenvalue weighted by molar-refractivity contribution is 5.92. The fourth-order valence-corrected chi connectivity index (χ4v) is 3.81. The zero-order valence-corrected chi connectivity index (χ0v) is 17.7. The molecule has 8 heteroatoms. The smallest absolute Gasteiger partial charge is 0.270 e. The largest absolute Gasteiger partial charge is 0.465 e. The van der Waals surface area contributed by atoms with Crippen LogP contribution in [0, 0.1) is 12.8 Å². The second-order valence-corrected chi connectivity index (χ2v) is 8.07. The number of aryl methyl sites for hydroxylation is 1. The molecule has 0 spiro atoms. The van der Waals surface area contributed by atoms with Crippen molar-refractivity contribution < 1.29 is 9.21 Å². The van der Waals surface area contributed by atoms with Gasteiger partial charge in [0.25, 0.3) is 5.91 Å². The summed E-state index contributed by atoms with van der Waals surface area (Å²) in [5, 5.41) is 12.0. The van der Waals surface area contributed by atoms with Gasteiger partial charge in [0.2, 0.25) is 0 Å². The molecule has 0 fully saturated rings. The van der Waals surface area contributed by atoms with E-state index in [0.717, 1.165) is 55.8 Å². The SMILES string of the molecule is Cc1ccc(CN2CCc3nnc([C@@H](NC(=O)c4ccccn4)C(C)C)n3CC2)o1. The standard InChI is InChI=1S/C22H28N6O2/c1-15(2)20(24-22(29)18-6-4-5-10-23-18)21-26-25-19-9-11-27(12-13-28(19)21)14-17-8-7-16(3)30-17/h4-8,10,15,20H,9,11-14H2,1-3H3,(H,24,29)/t20-/m0/s1. The minimum absolute atomic E-state index is 0.163. The molecule has 158 valence electrons. The molecular weight excluding hydrogens is 380 g/mol. The van der Waals surface area contributed by atoms with Gasteiger partial charge in [-0.15, -0.1) is 10.2 Å². The average Bonchev–Trinajstić information content (AvgIpc) is 3.28. The van der Waals surface area contributed by atoms with Crippen LogP contribution in [0.15, 0.2) is 40.9 Å². The van der Waals surface area contributed by atoms with Gasteiger partial charge in [-0.25, -0.2) is 0 Å².